The van der Waals surface area contributed by atoms with Gasteiger partial charge in [0.2, 0.25) is 0 Å². The van der Waals surface area contributed by atoms with Gasteiger partial charge in [0.1, 0.15) is 0 Å². The minimum atomic E-state index is -0.223. The van der Waals surface area contributed by atoms with E-state index >= 15 is 0 Å². The molecule has 1 heterocycles. The van der Waals surface area contributed by atoms with Gasteiger partial charge in [0.25, 0.3) is 5.91 Å². The summed E-state index contributed by atoms with van der Waals surface area (Å²) in [4.78, 5) is 14.3. The van der Waals surface area contributed by atoms with Gasteiger partial charge in [-0.1, -0.05) is 6.08 Å². The van der Waals surface area contributed by atoms with Crippen molar-refractivity contribution in [2.24, 2.45) is 0 Å². The Hall–Kier alpha value is -0.130. The molecule has 0 aliphatic carbocycles. The van der Waals surface area contributed by atoms with Crippen molar-refractivity contribution in [3.63, 3.8) is 0 Å². The van der Waals surface area contributed by atoms with Crippen molar-refractivity contribution in [3.8, 4) is 0 Å². The third-order valence-corrected chi connectivity index (χ3v) is 4.59. The Balaban J connectivity index is 3.08. The summed E-state index contributed by atoms with van der Waals surface area (Å²) < 4.78 is 1.80. The molecular weight excluding hydrogens is 366 g/mol. The molecule has 0 saturated heterocycles. The smallest absolute Gasteiger partial charge is 0.256 e. The van der Waals surface area contributed by atoms with Gasteiger partial charge in [0.15, 0.2) is 0 Å². The predicted octanol–water partition coefficient (Wildman–Crippen LogP) is 4.70. The molecule has 1 aromatic heterocycles. The number of thiophene rings is 1. The highest BCUT2D eigenvalue weighted by atomic mass is 79.9. The zero-order chi connectivity index (χ0) is 13.2. The molecule has 0 fully saturated rings. The molecule has 0 aliphatic heterocycles. The molecule has 1 aromatic rings. The van der Waals surface area contributed by atoms with Crippen LogP contribution in [-0.2, 0) is 0 Å². The third-order valence-electron chi connectivity index (χ3n) is 2.25. The number of carbonyl (C=O) groups is 1. The molecule has 0 saturated carbocycles. The lowest BCUT2D eigenvalue weighted by molar-refractivity contribution is 0.0616. The summed E-state index contributed by atoms with van der Waals surface area (Å²) in [5.74, 6) is 0.0197. The van der Waals surface area contributed by atoms with Crippen LogP contribution in [0.1, 0.15) is 31.1 Å². The van der Waals surface area contributed by atoms with Gasteiger partial charge in [-0.25, -0.2) is 0 Å². The molecular formula is C12H15Br2NOS. The molecule has 0 atom stereocenters. The standard InChI is InChI=1S/C12H15Br2NOS/c1-5-6-15(12(2,3)4)11(16)8-7-9(13)17-10(8)14/h5,7H,1,6H2,2-4H3. The molecule has 1 rings (SSSR count). The van der Waals surface area contributed by atoms with Crippen LogP contribution in [0.2, 0.25) is 0 Å². The molecule has 2 nitrogen and oxygen atoms in total. The van der Waals surface area contributed by atoms with Crippen LogP contribution in [0.25, 0.3) is 0 Å². The lowest BCUT2D eigenvalue weighted by atomic mass is 10.0. The molecule has 0 spiro atoms. The Morgan fingerprint density at radius 2 is 2.12 bits per heavy atom. The highest BCUT2D eigenvalue weighted by molar-refractivity contribution is 9.12. The van der Waals surface area contributed by atoms with Crippen LogP contribution < -0.4 is 0 Å². The lowest BCUT2D eigenvalue weighted by Crippen LogP contribution is -2.45. The van der Waals surface area contributed by atoms with Gasteiger partial charge >= 0.3 is 0 Å². The van der Waals surface area contributed by atoms with Gasteiger partial charge in [-0.15, -0.1) is 17.9 Å². The number of halogens is 2. The molecule has 0 N–H and O–H groups in total. The van der Waals surface area contributed by atoms with Gasteiger partial charge in [-0.3, -0.25) is 4.79 Å². The molecule has 0 aromatic carbocycles. The molecule has 5 heteroatoms. The Kier molecular flexibility index (Phi) is 4.98. The highest BCUT2D eigenvalue weighted by Crippen LogP contribution is 2.33. The monoisotopic (exact) mass is 379 g/mol. The first-order chi connectivity index (χ1) is 7.77. The van der Waals surface area contributed by atoms with E-state index in [-0.39, 0.29) is 11.4 Å². The Bertz CT molecular complexity index is 434. The summed E-state index contributed by atoms with van der Waals surface area (Å²) in [6.07, 6.45) is 1.75. The van der Waals surface area contributed by atoms with E-state index in [2.05, 4.69) is 38.4 Å². The average Bonchev–Trinajstić information content (AvgIpc) is 2.51. The maximum absolute atomic E-state index is 12.4. The second kappa shape index (κ2) is 5.67. The minimum Gasteiger partial charge on any atom is -0.330 e. The summed E-state index contributed by atoms with van der Waals surface area (Å²) in [7, 11) is 0. The predicted molar refractivity (Wildman–Crippen MR) is 80.7 cm³/mol. The van der Waals surface area contributed by atoms with E-state index in [1.807, 2.05) is 26.8 Å². The van der Waals surface area contributed by atoms with Crippen molar-refractivity contribution in [1.82, 2.24) is 4.90 Å². The number of amides is 1. The van der Waals surface area contributed by atoms with Crippen LogP contribution in [-0.4, -0.2) is 22.9 Å². The van der Waals surface area contributed by atoms with E-state index in [0.29, 0.717) is 12.1 Å². The first-order valence-electron chi connectivity index (χ1n) is 5.15. The summed E-state index contributed by atoms with van der Waals surface area (Å²) in [5.41, 5.74) is 0.470. The summed E-state index contributed by atoms with van der Waals surface area (Å²) in [6.45, 7) is 10.3. The molecule has 0 radical (unpaired) electrons. The van der Waals surface area contributed by atoms with Crippen molar-refractivity contribution in [2.75, 3.05) is 6.54 Å². The molecule has 17 heavy (non-hydrogen) atoms. The van der Waals surface area contributed by atoms with Crippen LogP contribution in [0.15, 0.2) is 26.3 Å². The minimum absolute atomic E-state index is 0.0197. The van der Waals surface area contributed by atoms with E-state index in [4.69, 9.17) is 0 Å². The topological polar surface area (TPSA) is 20.3 Å². The van der Waals surface area contributed by atoms with Crippen molar-refractivity contribution in [3.05, 3.63) is 31.9 Å². The van der Waals surface area contributed by atoms with Crippen molar-refractivity contribution < 1.29 is 4.79 Å². The normalized spacial score (nSPS) is 11.4. The second-order valence-corrected chi connectivity index (χ2v) is 8.36. The van der Waals surface area contributed by atoms with Gasteiger partial charge in [0.05, 0.1) is 13.1 Å². The fourth-order valence-corrected chi connectivity index (χ4v) is 4.20. The first-order valence-corrected chi connectivity index (χ1v) is 7.55. The lowest BCUT2D eigenvalue weighted by Gasteiger charge is -2.34. The zero-order valence-electron chi connectivity index (χ0n) is 10.1. The summed E-state index contributed by atoms with van der Waals surface area (Å²) in [6, 6.07) is 1.85. The number of nitrogens with zero attached hydrogens (tertiary/aromatic N) is 1. The first kappa shape index (κ1) is 14.9. The fourth-order valence-electron chi connectivity index (χ4n) is 1.42. The Morgan fingerprint density at radius 1 is 1.53 bits per heavy atom. The van der Waals surface area contributed by atoms with Crippen LogP contribution in [0.5, 0.6) is 0 Å². The van der Waals surface area contributed by atoms with E-state index in [0.717, 1.165) is 7.57 Å². The molecule has 0 bridgehead atoms. The van der Waals surface area contributed by atoms with E-state index < -0.39 is 0 Å². The average molecular weight is 381 g/mol. The second-order valence-electron chi connectivity index (χ2n) is 4.61. The largest absolute Gasteiger partial charge is 0.330 e. The van der Waals surface area contributed by atoms with E-state index in [9.17, 15) is 4.79 Å². The van der Waals surface area contributed by atoms with Crippen molar-refractivity contribution >= 4 is 49.1 Å². The number of carbonyl (C=O) groups excluding carboxylic acids is 1. The van der Waals surface area contributed by atoms with Crippen LogP contribution in [0.3, 0.4) is 0 Å². The van der Waals surface area contributed by atoms with E-state index in [1.54, 1.807) is 11.0 Å². The van der Waals surface area contributed by atoms with Crippen molar-refractivity contribution in [2.45, 2.75) is 26.3 Å². The SMILES string of the molecule is C=CCN(C(=O)c1cc(Br)sc1Br)C(C)(C)C. The highest BCUT2D eigenvalue weighted by Gasteiger charge is 2.28. The fraction of sp³-hybridized carbons (Fsp3) is 0.417. The maximum Gasteiger partial charge on any atom is 0.256 e. The number of hydrogen-bond acceptors (Lipinski definition) is 2. The zero-order valence-corrected chi connectivity index (χ0v) is 14.1. The van der Waals surface area contributed by atoms with Crippen molar-refractivity contribution in [1.29, 1.82) is 0 Å². The van der Waals surface area contributed by atoms with Crippen LogP contribution in [0.4, 0.5) is 0 Å². The summed E-state index contributed by atoms with van der Waals surface area (Å²) >= 11 is 8.31. The number of hydrogen-bond donors (Lipinski definition) is 0. The van der Waals surface area contributed by atoms with Gasteiger partial charge in [-0.05, 0) is 58.7 Å². The molecule has 0 unspecified atom stereocenters. The molecule has 94 valence electrons. The quantitative estimate of drug-likeness (QED) is 0.696. The Morgan fingerprint density at radius 3 is 2.47 bits per heavy atom. The maximum atomic E-state index is 12.4. The van der Waals surface area contributed by atoms with Gasteiger partial charge in [-0.2, -0.15) is 0 Å². The summed E-state index contributed by atoms with van der Waals surface area (Å²) in [5, 5.41) is 0. The van der Waals surface area contributed by atoms with Gasteiger partial charge < -0.3 is 4.90 Å². The number of rotatable bonds is 3. The molecule has 0 aliphatic rings. The van der Waals surface area contributed by atoms with Crippen LogP contribution in [0, 0.1) is 0 Å². The third kappa shape index (κ3) is 3.66. The van der Waals surface area contributed by atoms with E-state index in [1.165, 1.54) is 11.3 Å². The van der Waals surface area contributed by atoms with Crippen LogP contribution >= 0.6 is 43.2 Å². The Labute approximate surface area is 123 Å². The molecule has 1 amide bonds. The van der Waals surface area contributed by atoms with Gasteiger partial charge in [0, 0.05) is 12.1 Å².